The second kappa shape index (κ2) is 6.71. The van der Waals surface area contributed by atoms with Crippen molar-refractivity contribution in [3.63, 3.8) is 0 Å². The SMILES string of the molecule is COC(=O)C1CCCC1S(=O)(=O)NCCOC(N)=O. The lowest BCUT2D eigenvalue weighted by Gasteiger charge is -2.18. The van der Waals surface area contributed by atoms with Crippen LogP contribution in [0.2, 0.25) is 0 Å². The van der Waals surface area contributed by atoms with Gasteiger partial charge in [-0.2, -0.15) is 0 Å². The third-order valence-corrected chi connectivity index (χ3v) is 4.97. The van der Waals surface area contributed by atoms with Gasteiger partial charge in [-0.15, -0.1) is 0 Å². The van der Waals surface area contributed by atoms with E-state index in [-0.39, 0.29) is 13.2 Å². The Morgan fingerprint density at radius 3 is 2.63 bits per heavy atom. The molecule has 19 heavy (non-hydrogen) atoms. The molecule has 0 bridgehead atoms. The number of ether oxygens (including phenoxy) is 2. The molecule has 0 saturated heterocycles. The number of sulfonamides is 1. The number of primary amides is 1. The first-order valence-electron chi connectivity index (χ1n) is 5.87. The molecule has 2 unspecified atom stereocenters. The van der Waals surface area contributed by atoms with Crippen LogP contribution in [-0.2, 0) is 24.3 Å². The number of nitrogens with two attached hydrogens (primary N) is 1. The Labute approximate surface area is 111 Å². The van der Waals surface area contributed by atoms with Gasteiger partial charge >= 0.3 is 12.1 Å². The highest BCUT2D eigenvalue weighted by Gasteiger charge is 2.41. The third-order valence-electron chi connectivity index (χ3n) is 3.00. The van der Waals surface area contributed by atoms with Gasteiger partial charge in [-0.25, -0.2) is 17.9 Å². The molecule has 0 aromatic carbocycles. The first-order valence-corrected chi connectivity index (χ1v) is 7.41. The highest BCUT2D eigenvalue weighted by atomic mass is 32.2. The standard InChI is InChI=1S/C10H18N2O6S/c1-17-9(13)7-3-2-4-8(7)19(15,16)12-5-6-18-10(11)14/h7-8,12H,2-6H2,1H3,(H2,11,14). The molecule has 1 aliphatic carbocycles. The number of amides is 1. The van der Waals surface area contributed by atoms with Crippen LogP contribution in [0.4, 0.5) is 4.79 Å². The van der Waals surface area contributed by atoms with Crippen molar-refractivity contribution in [2.75, 3.05) is 20.3 Å². The molecule has 3 N–H and O–H groups in total. The first-order chi connectivity index (χ1) is 8.88. The highest BCUT2D eigenvalue weighted by molar-refractivity contribution is 7.90. The van der Waals surface area contributed by atoms with Gasteiger partial charge in [0.05, 0.1) is 18.3 Å². The maximum Gasteiger partial charge on any atom is 0.404 e. The molecule has 1 fully saturated rings. The Morgan fingerprint density at radius 1 is 1.37 bits per heavy atom. The Morgan fingerprint density at radius 2 is 2.05 bits per heavy atom. The summed E-state index contributed by atoms with van der Waals surface area (Å²) in [5, 5.41) is -0.798. The van der Waals surface area contributed by atoms with Crippen molar-refractivity contribution in [2.24, 2.45) is 11.7 Å². The predicted molar refractivity (Wildman–Crippen MR) is 65.6 cm³/mol. The number of carbonyl (C=O) groups excluding carboxylic acids is 2. The number of nitrogens with one attached hydrogen (secondary N) is 1. The minimum Gasteiger partial charge on any atom is -0.469 e. The summed E-state index contributed by atoms with van der Waals surface area (Å²) < 4.78 is 35.3. The molecule has 1 amide bonds. The van der Waals surface area contributed by atoms with E-state index >= 15 is 0 Å². The molecule has 0 aromatic rings. The lowest BCUT2D eigenvalue weighted by molar-refractivity contribution is -0.145. The average Bonchev–Trinajstić information content (AvgIpc) is 2.83. The van der Waals surface area contributed by atoms with Crippen molar-refractivity contribution >= 4 is 22.1 Å². The van der Waals surface area contributed by atoms with Crippen LogP contribution < -0.4 is 10.5 Å². The van der Waals surface area contributed by atoms with Crippen molar-refractivity contribution in [3.05, 3.63) is 0 Å². The van der Waals surface area contributed by atoms with E-state index in [1.54, 1.807) is 0 Å². The smallest absolute Gasteiger partial charge is 0.404 e. The van der Waals surface area contributed by atoms with Gasteiger partial charge in [0.2, 0.25) is 10.0 Å². The van der Waals surface area contributed by atoms with E-state index in [4.69, 9.17) is 5.73 Å². The zero-order chi connectivity index (χ0) is 14.5. The summed E-state index contributed by atoms with van der Waals surface area (Å²) >= 11 is 0. The van der Waals surface area contributed by atoms with E-state index in [0.717, 1.165) is 0 Å². The molecule has 2 atom stereocenters. The van der Waals surface area contributed by atoms with Crippen molar-refractivity contribution in [1.82, 2.24) is 4.72 Å². The zero-order valence-corrected chi connectivity index (χ0v) is 11.4. The second-order valence-electron chi connectivity index (χ2n) is 4.21. The number of rotatable bonds is 6. The Hall–Kier alpha value is -1.35. The fourth-order valence-electron chi connectivity index (χ4n) is 2.16. The maximum absolute atomic E-state index is 12.0. The van der Waals surface area contributed by atoms with Gasteiger partial charge in [-0.1, -0.05) is 6.42 Å². The van der Waals surface area contributed by atoms with Gasteiger partial charge in [0.1, 0.15) is 6.61 Å². The normalized spacial score (nSPS) is 23.0. The van der Waals surface area contributed by atoms with E-state index in [9.17, 15) is 18.0 Å². The topological polar surface area (TPSA) is 125 Å². The van der Waals surface area contributed by atoms with Crippen molar-refractivity contribution in [2.45, 2.75) is 24.5 Å². The van der Waals surface area contributed by atoms with Crippen LogP contribution in [-0.4, -0.2) is 46.0 Å². The number of methoxy groups -OCH3 is 1. The van der Waals surface area contributed by atoms with Crippen LogP contribution in [0.15, 0.2) is 0 Å². The largest absolute Gasteiger partial charge is 0.469 e. The number of esters is 1. The van der Waals surface area contributed by atoms with Crippen LogP contribution in [0, 0.1) is 5.92 Å². The van der Waals surface area contributed by atoms with E-state index in [2.05, 4.69) is 14.2 Å². The van der Waals surface area contributed by atoms with Gasteiger partial charge in [-0.05, 0) is 12.8 Å². The first kappa shape index (κ1) is 15.7. The summed E-state index contributed by atoms with van der Waals surface area (Å²) in [5.74, 6) is -1.15. The monoisotopic (exact) mass is 294 g/mol. The fourth-order valence-corrected chi connectivity index (χ4v) is 3.90. The number of hydrogen-bond donors (Lipinski definition) is 2. The van der Waals surface area contributed by atoms with Crippen LogP contribution in [0.25, 0.3) is 0 Å². The van der Waals surface area contributed by atoms with Crippen molar-refractivity contribution < 1.29 is 27.5 Å². The molecular weight excluding hydrogens is 276 g/mol. The molecule has 1 rings (SSSR count). The number of carbonyl (C=O) groups is 2. The van der Waals surface area contributed by atoms with Gasteiger partial charge in [0.25, 0.3) is 0 Å². The molecule has 110 valence electrons. The highest BCUT2D eigenvalue weighted by Crippen LogP contribution is 2.31. The minimum absolute atomic E-state index is 0.0737. The van der Waals surface area contributed by atoms with Crippen LogP contribution in [0.1, 0.15) is 19.3 Å². The molecule has 1 aliphatic rings. The zero-order valence-electron chi connectivity index (χ0n) is 10.6. The van der Waals surface area contributed by atoms with Crippen molar-refractivity contribution in [1.29, 1.82) is 0 Å². The van der Waals surface area contributed by atoms with Gasteiger partial charge in [0.15, 0.2) is 0 Å². The Bertz CT molecular complexity index is 435. The van der Waals surface area contributed by atoms with Crippen molar-refractivity contribution in [3.8, 4) is 0 Å². The lowest BCUT2D eigenvalue weighted by atomic mass is 10.1. The summed E-state index contributed by atoms with van der Waals surface area (Å²) in [6.07, 6.45) is 0.595. The quantitative estimate of drug-likeness (QED) is 0.495. The molecule has 0 aliphatic heterocycles. The predicted octanol–water partition coefficient (Wildman–Crippen LogP) is -0.657. The maximum atomic E-state index is 12.0. The Balaban J connectivity index is 2.56. The summed E-state index contributed by atoms with van der Waals surface area (Å²) in [6.45, 7) is -0.222. The molecular formula is C10H18N2O6S. The van der Waals surface area contributed by atoms with Gasteiger partial charge in [-0.3, -0.25) is 4.79 Å². The summed E-state index contributed by atoms with van der Waals surface area (Å²) in [4.78, 5) is 21.8. The molecule has 8 nitrogen and oxygen atoms in total. The van der Waals surface area contributed by atoms with Gasteiger partial charge in [0, 0.05) is 6.54 Å². The Kier molecular flexibility index (Phi) is 5.55. The molecule has 1 saturated carbocycles. The second-order valence-corrected chi connectivity index (χ2v) is 6.19. The minimum atomic E-state index is -3.65. The molecule has 0 spiro atoms. The van der Waals surface area contributed by atoms with Crippen LogP contribution in [0.3, 0.4) is 0 Å². The molecule has 9 heteroatoms. The van der Waals surface area contributed by atoms with E-state index in [0.29, 0.717) is 19.3 Å². The lowest BCUT2D eigenvalue weighted by Crippen LogP contribution is -2.41. The fraction of sp³-hybridized carbons (Fsp3) is 0.800. The summed E-state index contributed by atoms with van der Waals surface area (Å²) in [7, 11) is -2.41. The molecule has 0 radical (unpaired) electrons. The van der Waals surface area contributed by atoms with E-state index < -0.39 is 33.3 Å². The molecule has 0 heterocycles. The van der Waals surface area contributed by atoms with Crippen LogP contribution in [0.5, 0.6) is 0 Å². The summed E-state index contributed by atoms with van der Waals surface area (Å²) in [5.41, 5.74) is 4.74. The van der Waals surface area contributed by atoms with E-state index in [1.807, 2.05) is 0 Å². The van der Waals surface area contributed by atoms with E-state index in [1.165, 1.54) is 7.11 Å². The third kappa shape index (κ3) is 4.35. The summed E-state index contributed by atoms with van der Waals surface area (Å²) in [6, 6.07) is 0. The van der Waals surface area contributed by atoms with Crippen LogP contribution >= 0.6 is 0 Å². The average molecular weight is 294 g/mol. The number of hydrogen-bond acceptors (Lipinski definition) is 6. The molecule has 0 aromatic heterocycles. The van der Waals surface area contributed by atoms with Gasteiger partial charge < -0.3 is 15.2 Å².